The van der Waals surface area contributed by atoms with E-state index in [2.05, 4.69) is 46.5 Å². The topological polar surface area (TPSA) is 65.0 Å². The summed E-state index contributed by atoms with van der Waals surface area (Å²) in [6.45, 7) is 16.2. The van der Waals surface area contributed by atoms with Crippen LogP contribution >= 0.6 is 0 Å². The average Bonchev–Trinajstić information content (AvgIpc) is 2.83. The number of ether oxygens (including phenoxy) is 2. The first-order valence-electron chi connectivity index (χ1n) is 9.84. The zero-order valence-electron chi connectivity index (χ0n) is 17.7. The third-order valence-corrected chi connectivity index (χ3v) is 11.4. The van der Waals surface area contributed by atoms with Crippen LogP contribution in [0.1, 0.15) is 33.6 Å². The molecule has 27 heavy (non-hydrogen) atoms. The second kappa shape index (κ2) is 8.19. The zero-order valence-corrected chi connectivity index (χ0v) is 18.7. The molecule has 0 aromatic carbocycles. The van der Waals surface area contributed by atoms with Crippen molar-refractivity contribution >= 4 is 14.3 Å². The van der Waals surface area contributed by atoms with Crippen LogP contribution in [0, 0.1) is 23.2 Å². The molecule has 0 unspecified atom stereocenters. The van der Waals surface area contributed by atoms with E-state index >= 15 is 0 Å². The molecule has 0 aromatic rings. The van der Waals surface area contributed by atoms with Gasteiger partial charge in [-0.15, -0.1) is 6.58 Å². The largest absolute Gasteiger partial charge is 0.469 e. The number of aliphatic hydroxyl groups is 1. The number of aliphatic hydroxyl groups excluding tert-OH is 1. The summed E-state index contributed by atoms with van der Waals surface area (Å²) in [7, 11) is -0.312. The van der Waals surface area contributed by atoms with Gasteiger partial charge in [0.25, 0.3) is 0 Å². The summed E-state index contributed by atoms with van der Waals surface area (Å²) in [4.78, 5) is 12.1. The summed E-state index contributed by atoms with van der Waals surface area (Å²) < 4.78 is 16.6. The third kappa shape index (κ3) is 3.95. The Morgan fingerprint density at radius 2 is 2.07 bits per heavy atom. The molecule has 0 bridgehead atoms. The lowest BCUT2D eigenvalue weighted by Gasteiger charge is -2.54. The monoisotopic (exact) mass is 396 g/mol. The maximum absolute atomic E-state index is 12.1. The smallest absolute Gasteiger partial charge is 0.309 e. The van der Waals surface area contributed by atoms with Crippen molar-refractivity contribution < 1.29 is 23.8 Å². The molecular weight excluding hydrogens is 360 g/mol. The molecule has 5 atom stereocenters. The van der Waals surface area contributed by atoms with Crippen LogP contribution in [-0.2, 0) is 18.7 Å². The van der Waals surface area contributed by atoms with E-state index in [-0.39, 0.29) is 28.8 Å². The van der Waals surface area contributed by atoms with Crippen molar-refractivity contribution in [3.8, 4) is 0 Å². The van der Waals surface area contributed by atoms with E-state index in [1.807, 2.05) is 6.08 Å². The highest BCUT2D eigenvalue weighted by atomic mass is 28.4. The molecule has 1 saturated heterocycles. The highest BCUT2D eigenvalue weighted by Crippen LogP contribution is 2.63. The number of carbonyl (C=O) groups excluding carboxylic acids is 1. The summed E-state index contributed by atoms with van der Waals surface area (Å²) in [6, 6.07) is 0. The number of esters is 1. The van der Waals surface area contributed by atoms with Gasteiger partial charge in [0.15, 0.2) is 14.6 Å². The van der Waals surface area contributed by atoms with Crippen molar-refractivity contribution in [3.05, 3.63) is 24.8 Å². The standard InChI is InChI=1S/C21H36O5Si/c1-8-15-17(18(22)24-5)16-14-25-19(23)21(15,16)12-10-9-11-13-26-27(6,7)20(2,3)4/h8,10,12,15-17,19,23H,1,9,11,13-14H2,2-7H3/b12-10+/t15-,16-,17+,19-,21+/m0/s1. The van der Waals surface area contributed by atoms with Gasteiger partial charge in [0.2, 0.25) is 0 Å². The van der Waals surface area contributed by atoms with Gasteiger partial charge in [-0.3, -0.25) is 4.79 Å². The number of hydrogen-bond donors (Lipinski definition) is 1. The Labute approximate surface area is 164 Å². The van der Waals surface area contributed by atoms with Crippen LogP contribution in [0.25, 0.3) is 0 Å². The predicted molar refractivity (Wildman–Crippen MR) is 109 cm³/mol. The predicted octanol–water partition coefficient (Wildman–Crippen LogP) is 3.90. The number of allylic oxidation sites excluding steroid dienone is 2. The maximum atomic E-state index is 12.1. The summed E-state index contributed by atoms with van der Waals surface area (Å²) >= 11 is 0. The van der Waals surface area contributed by atoms with Gasteiger partial charge >= 0.3 is 5.97 Å². The Bertz CT molecular complexity index is 580. The Kier molecular flexibility index (Phi) is 6.78. The van der Waals surface area contributed by atoms with Gasteiger partial charge in [0, 0.05) is 18.4 Å². The van der Waals surface area contributed by atoms with Gasteiger partial charge in [-0.1, -0.05) is 39.0 Å². The third-order valence-electron chi connectivity index (χ3n) is 6.82. The van der Waals surface area contributed by atoms with Crippen molar-refractivity contribution in [2.75, 3.05) is 20.3 Å². The first kappa shape index (κ1) is 22.3. The van der Waals surface area contributed by atoms with E-state index in [1.54, 1.807) is 6.08 Å². The molecule has 1 aliphatic heterocycles. The molecule has 2 rings (SSSR count). The molecule has 0 aromatic heterocycles. The van der Waals surface area contributed by atoms with Gasteiger partial charge in [-0.25, -0.2) is 0 Å². The Hall–Kier alpha value is -0.953. The molecule has 0 spiro atoms. The number of fused-ring (bicyclic) bond motifs is 1. The van der Waals surface area contributed by atoms with Crippen LogP contribution in [-0.4, -0.2) is 46.0 Å². The Balaban J connectivity index is 1.95. The number of unbranched alkanes of at least 4 members (excludes halogenated alkanes) is 1. The van der Waals surface area contributed by atoms with Crippen molar-refractivity contribution in [1.82, 2.24) is 0 Å². The first-order chi connectivity index (χ1) is 12.5. The summed E-state index contributed by atoms with van der Waals surface area (Å²) in [5.74, 6) is -0.791. The van der Waals surface area contributed by atoms with Crippen molar-refractivity contribution in [2.45, 2.75) is 58.0 Å². The molecule has 2 aliphatic rings. The molecule has 1 N–H and O–H groups in total. The highest BCUT2D eigenvalue weighted by Gasteiger charge is 2.69. The molecule has 0 radical (unpaired) electrons. The summed E-state index contributed by atoms with van der Waals surface area (Å²) in [5, 5.41) is 10.7. The van der Waals surface area contributed by atoms with Crippen LogP contribution in [0.4, 0.5) is 0 Å². The zero-order chi connectivity index (χ0) is 20.5. The normalized spacial score (nSPS) is 33.6. The molecule has 0 amide bonds. The lowest BCUT2D eigenvalue weighted by Crippen LogP contribution is -2.60. The van der Waals surface area contributed by atoms with Crippen molar-refractivity contribution in [1.29, 1.82) is 0 Å². The fourth-order valence-electron chi connectivity index (χ4n) is 4.08. The van der Waals surface area contributed by atoms with E-state index in [9.17, 15) is 9.90 Å². The van der Waals surface area contributed by atoms with E-state index < -0.39 is 20.0 Å². The molecule has 2 fully saturated rings. The molecule has 6 heteroatoms. The average molecular weight is 397 g/mol. The summed E-state index contributed by atoms with van der Waals surface area (Å²) in [6.07, 6.45) is 6.76. The number of carbonyl (C=O) groups is 1. The van der Waals surface area contributed by atoms with Crippen molar-refractivity contribution in [2.24, 2.45) is 23.2 Å². The first-order valence-corrected chi connectivity index (χ1v) is 12.8. The van der Waals surface area contributed by atoms with Crippen LogP contribution in [0.15, 0.2) is 24.8 Å². The van der Waals surface area contributed by atoms with Gasteiger partial charge in [0.1, 0.15) is 0 Å². The Morgan fingerprint density at radius 3 is 2.63 bits per heavy atom. The lowest BCUT2D eigenvalue weighted by atomic mass is 9.47. The second-order valence-electron chi connectivity index (χ2n) is 9.26. The fraction of sp³-hybridized carbons (Fsp3) is 0.762. The van der Waals surface area contributed by atoms with E-state index in [0.717, 1.165) is 19.4 Å². The molecule has 5 nitrogen and oxygen atoms in total. The SMILES string of the molecule is C=C[C@H]1[C@@H](C(=O)OC)[C@@H]2CO[C@H](O)[C@]12/C=C/CCCO[Si](C)(C)C(C)(C)C. The molecule has 1 aliphatic carbocycles. The maximum Gasteiger partial charge on any atom is 0.309 e. The van der Waals surface area contributed by atoms with Gasteiger partial charge in [-0.2, -0.15) is 0 Å². The van der Waals surface area contributed by atoms with Gasteiger partial charge in [-0.05, 0) is 31.0 Å². The minimum atomic E-state index is -1.71. The Morgan fingerprint density at radius 1 is 1.41 bits per heavy atom. The van der Waals surface area contributed by atoms with Gasteiger partial charge < -0.3 is 19.0 Å². The second-order valence-corrected chi connectivity index (χ2v) is 14.1. The van der Waals surface area contributed by atoms with Crippen LogP contribution in [0.2, 0.25) is 18.1 Å². The fourth-order valence-corrected chi connectivity index (χ4v) is 5.17. The molecule has 1 heterocycles. The quantitative estimate of drug-likeness (QED) is 0.292. The minimum Gasteiger partial charge on any atom is -0.469 e. The highest BCUT2D eigenvalue weighted by molar-refractivity contribution is 6.74. The lowest BCUT2D eigenvalue weighted by molar-refractivity contribution is -0.179. The molecule has 154 valence electrons. The van der Waals surface area contributed by atoms with Gasteiger partial charge in [0.05, 0.1) is 25.0 Å². The van der Waals surface area contributed by atoms with E-state index in [1.165, 1.54) is 7.11 Å². The minimum absolute atomic E-state index is 0.0670. The van der Waals surface area contributed by atoms with E-state index in [0.29, 0.717) is 6.61 Å². The summed E-state index contributed by atoms with van der Waals surface area (Å²) in [5.41, 5.74) is -0.569. The van der Waals surface area contributed by atoms with E-state index in [4.69, 9.17) is 13.9 Å². The van der Waals surface area contributed by atoms with Crippen molar-refractivity contribution in [3.63, 3.8) is 0 Å². The molecule has 1 saturated carbocycles. The number of hydrogen-bond acceptors (Lipinski definition) is 5. The van der Waals surface area contributed by atoms with Crippen LogP contribution in [0.5, 0.6) is 0 Å². The molecular formula is C21H36O5Si. The van der Waals surface area contributed by atoms with Crippen LogP contribution < -0.4 is 0 Å². The number of methoxy groups -OCH3 is 1. The van der Waals surface area contributed by atoms with Crippen LogP contribution in [0.3, 0.4) is 0 Å². The number of rotatable bonds is 8.